The van der Waals surface area contributed by atoms with Crippen molar-refractivity contribution in [1.82, 2.24) is 9.78 Å². The minimum absolute atomic E-state index is 0.107. The Bertz CT molecular complexity index is 707. The lowest BCUT2D eigenvalue weighted by Gasteiger charge is -2.09. The van der Waals surface area contributed by atoms with Crippen LogP contribution in [0, 0.1) is 6.92 Å². The van der Waals surface area contributed by atoms with E-state index < -0.39 is 10.0 Å². The van der Waals surface area contributed by atoms with Crippen molar-refractivity contribution in [2.45, 2.75) is 11.8 Å². The Kier molecular flexibility index (Phi) is 3.42. The summed E-state index contributed by atoms with van der Waals surface area (Å²) in [6, 6.07) is 5.86. The van der Waals surface area contributed by atoms with E-state index in [2.05, 4.69) is 9.82 Å². The molecule has 0 aliphatic carbocycles. The Labute approximate surface area is 116 Å². The highest BCUT2D eigenvalue weighted by molar-refractivity contribution is 7.92. The van der Waals surface area contributed by atoms with Gasteiger partial charge in [0.15, 0.2) is 5.82 Å². The van der Waals surface area contributed by atoms with E-state index in [1.165, 1.54) is 28.9 Å². The van der Waals surface area contributed by atoms with Crippen molar-refractivity contribution < 1.29 is 8.42 Å². The number of nitrogens with two attached hydrogens (primary N) is 1. The number of sulfonamides is 1. The van der Waals surface area contributed by atoms with Crippen molar-refractivity contribution in [2.75, 3.05) is 10.5 Å². The molecule has 6 nitrogen and oxygen atoms in total. The molecule has 2 rings (SSSR count). The van der Waals surface area contributed by atoms with Crippen LogP contribution in [0.4, 0.5) is 11.5 Å². The maximum Gasteiger partial charge on any atom is 0.263 e. The third kappa shape index (κ3) is 2.66. The second kappa shape index (κ2) is 4.75. The van der Waals surface area contributed by atoms with Gasteiger partial charge in [0.2, 0.25) is 0 Å². The number of aromatic nitrogens is 2. The Morgan fingerprint density at radius 3 is 2.37 bits per heavy atom. The smallest absolute Gasteiger partial charge is 0.263 e. The largest absolute Gasteiger partial charge is 0.394 e. The van der Waals surface area contributed by atoms with E-state index in [1.54, 1.807) is 14.0 Å². The van der Waals surface area contributed by atoms with Crippen molar-refractivity contribution in [1.29, 1.82) is 0 Å². The quantitative estimate of drug-likeness (QED) is 0.904. The lowest BCUT2D eigenvalue weighted by Crippen LogP contribution is -2.16. The van der Waals surface area contributed by atoms with Crippen LogP contribution in [-0.4, -0.2) is 18.2 Å². The molecule has 1 heterocycles. The number of benzene rings is 1. The first-order chi connectivity index (χ1) is 8.81. The molecule has 0 amide bonds. The van der Waals surface area contributed by atoms with E-state index in [1.807, 2.05) is 0 Å². The SMILES string of the molecule is Cc1nn(C)c(NS(=O)(=O)c2ccc(Cl)cc2)c1N. The van der Waals surface area contributed by atoms with Gasteiger partial charge in [-0.15, -0.1) is 0 Å². The van der Waals surface area contributed by atoms with Crippen molar-refractivity contribution >= 4 is 33.1 Å². The normalized spacial score (nSPS) is 11.5. The molecule has 1 aromatic heterocycles. The monoisotopic (exact) mass is 300 g/mol. The molecule has 0 spiro atoms. The molecular weight excluding hydrogens is 288 g/mol. The highest BCUT2D eigenvalue weighted by Crippen LogP contribution is 2.24. The third-order valence-corrected chi connectivity index (χ3v) is 4.23. The summed E-state index contributed by atoms with van der Waals surface area (Å²) in [6.45, 7) is 1.70. The topological polar surface area (TPSA) is 90.0 Å². The Morgan fingerprint density at radius 1 is 1.32 bits per heavy atom. The van der Waals surface area contributed by atoms with Crippen LogP contribution in [0.3, 0.4) is 0 Å². The Hall–Kier alpha value is -1.73. The van der Waals surface area contributed by atoms with Gasteiger partial charge in [-0.2, -0.15) is 5.10 Å². The maximum atomic E-state index is 12.2. The summed E-state index contributed by atoms with van der Waals surface area (Å²) in [5, 5.41) is 4.51. The standard InChI is InChI=1S/C11H13ClN4O2S/c1-7-10(13)11(16(2)14-7)15-19(17,18)9-5-3-8(12)4-6-9/h3-6,15H,13H2,1-2H3. The minimum Gasteiger partial charge on any atom is -0.394 e. The zero-order valence-electron chi connectivity index (χ0n) is 10.4. The summed E-state index contributed by atoms with van der Waals surface area (Å²) in [6.07, 6.45) is 0. The summed E-state index contributed by atoms with van der Waals surface area (Å²) in [5.74, 6) is 0.243. The fraction of sp³-hybridized carbons (Fsp3) is 0.182. The van der Waals surface area contributed by atoms with Crippen LogP contribution in [0.15, 0.2) is 29.2 Å². The number of nitrogens with one attached hydrogen (secondary N) is 1. The first-order valence-corrected chi connectivity index (χ1v) is 7.25. The molecule has 0 aliphatic heterocycles. The van der Waals surface area contributed by atoms with E-state index in [4.69, 9.17) is 17.3 Å². The number of nitrogen functional groups attached to an aromatic ring is 1. The predicted molar refractivity (Wildman–Crippen MR) is 74.6 cm³/mol. The molecule has 0 saturated carbocycles. The summed E-state index contributed by atoms with van der Waals surface area (Å²) in [4.78, 5) is 0.107. The van der Waals surface area contributed by atoms with Crippen LogP contribution in [0.25, 0.3) is 0 Å². The van der Waals surface area contributed by atoms with Crippen molar-refractivity contribution in [3.05, 3.63) is 35.0 Å². The van der Waals surface area contributed by atoms with Crippen LogP contribution in [-0.2, 0) is 17.1 Å². The molecular formula is C11H13ClN4O2S. The molecule has 0 saturated heterocycles. The van der Waals surface area contributed by atoms with Gasteiger partial charge >= 0.3 is 0 Å². The highest BCUT2D eigenvalue weighted by Gasteiger charge is 2.19. The minimum atomic E-state index is -3.71. The molecule has 0 radical (unpaired) electrons. The summed E-state index contributed by atoms with van der Waals surface area (Å²) in [7, 11) is -2.10. The molecule has 19 heavy (non-hydrogen) atoms. The summed E-state index contributed by atoms with van der Waals surface area (Å²) in [5.41, 5.74) is 6.65. The molecule has 0 unspecified atom stereocenters. The number of halogens is 1. The van der Waals surface area contributed by atoms with Crippen LogP contribution in [0.1, 0.15) is 5.69 Å². The first-order valence-electron chi connectivity index (χ1n) is 5.39. The van der Waals surface area contributed by atoms with Gasteiger partial charge < -0.3 is 5.73 Å². The van der Waals surface area contributed by atoms with Gasteiger partial charge in [-0.05, 0) is 31.2 Å². The predicted octanol–water partition coefficient (Wildman–Crippen LogP) is 1.76. The number of hydrogen-bond donors (Lipinski definition) is 2. The second-order valence-corrected chi connectivity index (χ2v) is 6.15. The van der Waals surface area contributed by atoms with Gasteiger partial charge in [-0.1, -0.05) is 11.6 Å². The molecule has 2 aromatic rings. The lowest BCUT2D eigenvalue weighted by molar-refractivity contribution is 0.600. The zero-order chi connectivity index (χ0) is 14.2. The zero-order valence-corrected chi connectivity index (χ0v) is 12.0. The van der Waals surface area contributed by atoms with Crippen LogP contribution in [0.5, 0.6) is 0 Å². The number of nitrogens with zero attached hydrogens (tertiary/aromatic N) is 2. The van der Waals surface area contributed by atoms with Crippen LogP contribution in [0.2, 0.25) is 5.02 Å². The van der Waals surface area contributed by atoms with E-state index in [9.17, 15) is 8.42 Å². The highest BCUT2D eigenvalue weighted by atomic mass is 35.5. The third-order valence-electron chi connectivity index (χ3n) is 2.62. The Morgan fingerprint density at radius 2 is 1.89 bits per heavy atom. The fourth-order valence-electron chi connectivity index (χ4n) is 1.60. The summed E-state index contributed by atoms with van der Waals surface area (Å²) >= 11 is 5.73. The van der Waals surface area contributed by atoms with E-state index in [-0.39, 0.29) is 10.7 Å². The second-order valence-electron chi connectivity index (χ2n) is 4.03. The van der Waals surface area contributed by atoms with Gasteiger partial charge in [-0.3, -0.25) is 4.72 Å². The molecule has 8 heteroatoms. The average molecular weight is 301 g/mol. The molecule has 3 N–H and O–H groups in total. The van der Waals surface area contributed by atoms with Gasteiger partial charge in [0, 0.05) is 12.1 Å². The molecule has 0 atom stereocenters. The van der Waals surface area contributed by atoms with Crippen LogP contribution >= 0.6 is 11.6 Å². The summed E-state index contributed by atoms with van der Waals surface area (Å²) < 4.78 is 28.2. The van der Waals surface area contributed by atoms with E-state index in [0.29, 0.717) is 16.4 Å². The number of hydrogen-bond acceptors (Lipinski definition) is 4. The molecule has 1 aromatic carbocycles. The van der Waals surface area contributed by atoms with E-state index in [0.717, 1.165) is 0 Å². The van der Waals surface area contributed by atoms with Crippen molar-refractivity contribution in [2.24, 2.45) is 7.05 Å². The van der Waals surface area contributed by atoms with Gasteiger partial charge in [0.05, 0.1) is 16.3 Å². The molecule has 102 valence electrons. The maximum absolute atomic E-state index is 12.2. The molecule has 0 fully saturated rings. The van der Waals surface area contributed by atoms with Gasteiger partial charge in [0.1, 0.15) is 0 Å². The van der Waals surface area contributed by atoms with E-state index >= 15 is 0 Å². The van der Waals surface area contributed by atoms with Gasteiger partial charge in [0.25, 0.3) is 10.0 Å². The lowest BCUT2D eigenvalue weighted by atomic mass is 10.4. The van der Waals surface area contributed by atoms with Crippen LogP contribution < -0.4 is 10.5 Å². The molecule has 0 bridgehead atoms. The first kappa shape index (κ1) is 13.7. The number of aryl methyl sites for hydroxylation is 2. The van der Waals surface area contributed by atoms with Crippen molar-refractivity contribution in [3.8, 4) is 0 Å². The fourth-order valence-corrected chi connectivity index (χ4v) is 2.83. The number of anilines is 2. The molecule has 0 aliphatic rings. The van der Waals surface area contributed by atoms with Crippen molar-refractivity contribution in [3.63, 3.8) is 0 Å². The Balaban J connectivity index is 2.39. The van der Waals surface area contributed by atoms with Gasteiger partial charge in [-0.25, -0.2) is 13.1 Å². The average Bonchev–Trinajstić information content (AvgIpc) is 2.56. The number of rotatable bonds is 3.